The lowest BCUT2D eigenvalue weighted by molar-refractivity contribution is 0.0788. The van der Waals surface area contributed by atoms with Crippen LogP contribution in [0.1, 0.15) is 32.7 Å². The van der Waals surface area contributed by atoms with Gasteiger partial charge in [-0.25, -0.2) is 0 Å². The number of rotatable bonds is 8. The zero-order valence-corrected chi connectivity index (χ0v) is 17.4. The Bertz CT molecular complexity index is 1080. The van der Waals surface area contributed by atoms with Gasteiger partial charge in [0.1, 0.15) is 0 Å². The van der Waals surface area contributed by atoms with E-state index in [4.69, 9.17) is 0 Å². The van der Waals surface area contributed by atoms with Crippen molar-refractivity contribution < 1.29 is 14.7 Å². The Hall–Kier alpha value is -3.00. The van der Waals surface area contributed by atoms with Crippen LogP contribution >= 0.6 is 15.9 Å². The molecule has 0 unspecified atom stereocenters. The number of alkyl halides is 1. The summed E-state index contributed by atoms with van der Waals surface area (Å²) in [7, 11) is 1.67. The molecule has 0 aliphatic heterocycles. The van der Waals surface area contributed by atoms with Gasteiger partial charge in [-0.1, -0.05) is 46.3 Å². The van der Waals surface area contributed by atoms with Gasteiger partial charge < -0.3 is 14.6 Å². The van der Waals surface area contributed by atoms with Crippen LogP contribution in [-0.2, 0) is 11.9 Å². The number of aryl methyl sites for hydroxylation is 1. The minimum absolute atomic E-state index is 0.0189. The van der Waals surface area contributed by atoms with E-state index in [0.717, 1.165) is 5.56 Å². The van der Waals surface area contributed by atoms with Crippen LogP contribution in [0.2, 0.25) is 0 Å². The lowest BCUT2D eigenvalue weighted by Gasteiger charge is -2.18. The molecule has 1 N–H and O–H groups in total. The van der Waals surface area contributed by atoms with Crippen molar-refractivity contribution in [2.24, 2.45) is 5.18 Å². The van der Waals surface area contributed by atoms with E-state index in [1.54, 1.807) is 41.9 Å². The first kappa shape index (κ1) is 20.7. The summed E-state index contributed by atoms with van der Waals surface area (Å²) in [6.45, 7) is 0.809. The molecule has 29 heavy (non-hydrogen) atoms. The molecule has 0 saturated heterocycles. The predicted molar refractivity (Wildman–Crippen MR) is 115 cm³/mol. The van der Waals surface area contributed by atoms with E-state index in [9.17, 15) is 19.6 Å². The maximum Gasteiger partial charge on any atom is 0.254 e. The minimum Gasteiger partial charge on any atom is -0.493 e. The molecule has 8 heteroatoms. The summed E-state index contributed by atoms with van der Waals surface area (Å²) in [5.74, 6) is -0.423. The Morgan fingerprint density at radius 2 is 2.03 bits per heavy atom. The maximum atomic E-state index is 12.6. The summed E-state index contributed by atoms with van der Waals surface area (Å²) in [6.07, 6.45) is 1.21. The highest BCUT2D eigenvalue weighted by atomic mass is 79.9. The van der Waals surface area contributed by atoms with E-state index in [2.05, 4.69) is 21.1 Å². The maximum absolute atomic E-state index is 12.6. The Balaban J connectivity index is 1.77. The molecule has 0 atom stereocenters. The summed E-state index contributed by atoms with van der Waals surface area (Å²) in [6, 6.07) is 12.2. The Morgan fingerprint density at radius 3 is 2.72 bits per heavy atom. The number of hydrogen-bond acceptors (Lipinski definition) is 5. The molecule has 0 saturated carbocycles. The SMILES string of the molecule is CN(CCCn1c(O)c(N=O)c2ccc(CBr)cc21)C(=O)c1ccccc1C=O. The number of benzene rings is 2. The number of aldehydes is 1. The van der Waals surface area contributed by atoms with Crippen molar-refractivity contribution in [3.8, 4) is 5.88 Å². The zero-order chi connectivity index (χ0) is 21.0. The number of nitrogens with zero attached hydrogens (tertiary/aromatic N) is 3. The average molecular weight is 458 g/mol. The molecular weight excluding hydrogens is 438 g/mol. The molecule has 0 aliphatic carbocycles. The largest absolute Gasteiger partial charge is 0.493 e. The number of fused-ring (bicyclic) bond motifs is 1. The first-order valence-electron chi connectivity index (χ1n) is 9.04. The van der Waals surface area contributed by atoms with Crippen LogP contribution in [0.15, 0.2) is 47.6 Å². The third-order valence-corrected chi connectivity index (χ3v) is 5.51. The van der Waals surface area contributed by atoms with E-state index in [0.29, 0.717) is 53.2 Å². The molecule has 2 aromatic carbocycles. The summed E-state index contributed by atoms with van der Waals surface area (Å²) in [4.78, 5) is 36.5. The van der Waals surface area contributed by atoms with E-state index in [1.807, 2.05) is 12.1 Å². The molecule has 0 spiro atoms. The lowest BCUT2D eigenvalue weighted by Crippen LogP contribution is -2.29. The minimum atomic E-state index is -0.244. The van der Waals surface area contributed by atoms with Crippen LogP contribution < -0.4 is 0 Å². The first-order chi connectivity index (χ1) is 14.0. The molecule has 7 nitrogen and oxygen atoms in total. The van der Waals surface area contributed by atoms with Crippen molar-refractivity contribution in [1.82, 2.24) is 9.47 Å². The van der Waals surface area contributed by atoms with Gasteiger partial charge in [-0.15, -0.1) is 4.91 Å². The number of aromatic hydroxyl groups is 1. The number of amides is 1. The second-order valence-corrected chi connectivity index (χ2v) is 7.25. The molecule has 3 aromatic rings. The van der Waals surface area contributed by atoms with Crippen molar-refractivity contribution in [3.63, 3.8) is 0 Å². The van der Waals surface area contributed by atoms with Crippen molar-refractivity contribution >= 4 is 44.7 Å². The van der Waals surface area contributed by atoms with E-state index in [1.165, 1.54) is 4.90 Å². The molecule has 1 aromatic heterocycles. The summed E-state index contributed by atoms with van der Waals surface area (Å²) >= 11 is 3.41. The van der Waals surface area contributed by atoms with Crippen LogP contribution in [0.3, 0.4) is 0 Å². The number of nitroso groups, excluding NO2 is 1. The fraction of sp³-hybridized carbons (Fsp3) is 0.238. The summed E-state index contributed by atoms with van der Waals surface area (Å²) in [5.41, 5.74) is 2.45. The molecule has 1 amide bonds. The van der Waals surface area contributed by atoms with Gasteiger partial charge in [0.05, 0.1) is 11.1 Å². The molecule has 0 fully saturated rings. The van der Waals surface area contributed by atoms with Gasteiger partial charge in [-0.2, -0.15) is 0 Å². The van der Waals surface area contributed by atoms with Crippen LogP contribution in [0.4, 0.5) is 5.69 Å². The van der Waals surface area contributed by atoms with Crippen molar-refractivity contribution in [2.75, 3.05) is 13.6 Å². The number of halogens is 1. The number of carbonyl (C=O) groups excluding carboxylic acids is 2. The summed E-state index contributed by atoms with van der Waals surface area (Å²) in [5, 5.41) is 14.6. The van der Waals surface area contributed by atoms with Crippen LogP contribution in [0, 0.1) is 4.91 Å². The highest BCUT2D eigenvalue weighted by Gasteiger charge is 2.19. The molecular formula is C21H20BrN3O4. The molecule has 150 valence electrons. The van der Waals surface area contributed by atoms with Gasteiger partial charge in [0.15, 0.2) is 12.0 Å². The highest BCUT2D eigenvalue weighted by Crippen LogP contribution is 2.39. The first-order valence-corrected chi connectivity index (χ1v) is 10.2. The topological polar surface area (TPSA) is 92.0 Å². The van der Waals surface area contributed by atoms with Gasteiger partial charge in [-0.05, 0) is 29.3 Å². The molecule has 0 bridgehead atoms. The van der Waals surface area contributed by atoms with Crippen molar-refractivity contribution in [1.29, 1.82) is 0 Å². The van der Waals surface area contributed by atoms with Crippen molar-refractivity contribution in [2.45, 2.75) is 18.3 Å². The van der Waals surface area contributed by atoms with Crippen LogP contribution in [-0.4, -0.2) is 40.4 Å². The standard InChI is InChI=1S/C21H20BrN3O4/c1-24(20(27)16-6-3-2-5-15(16)13-26)9-4-10-25-18-11-14(12-22)7-8-17(18)19(23-29)21(25)28/h2-3,5-8,11,13,28H,4,9-10,12H2,1H3. The fourth-order valence-electron chi connectivity index (χ4n) is 3.33. The third-order valence-electron chi connectivity index (χ3n) is 4.86. The van der Waals surface area contributed by atoms with Gasteiger partial charge in [0, 0.05) is 36.4 Å². The zero-order valence-electron chi connectivity index (χ0n) is 15.8. The molecule has 0 aliphatic rings. The Morgan fingerprint density at radius 1 is 1.28 bits per heavy atom. The Kier molecular flexibility index (Phi) is 6.43. The smallest absolute Gasteiger partial charge is 0.254 e. The predicted octanol–water partition coefficient (Wildman–Crippen LogP) is 4.61. The quantitative estimate of drug-likeness (QED) is 0.303. The Labute approximate surface area is 176 Å². The van der Waals surface area contributed by atoms with Gasteiger partial charge in [0.25, 0.3) is 5.91 Å². The fourth-order valence-corrected chi connectivity index (χ4v) is 3.68. The third kappa shape index (κ3) is 4.07. The molecule has 1 heterocycles. The van der Waals surface area contributed by atoms with Crippen LogP contribution in [0.25, 0.3) is 10.9 Å². The second kappa shape index (κ2) is 9.00. The second-order valence-electron chi connectivity index (χ2n) is 6.69. The van der Waals surface area contributed by atoms with Crippen LogP contribution in [0.5, 0.6) is 5.88 Å². The lowest BCUT2D eigenvalue weighted by atomic mass is 10.1. The average Bonchev–Trinajstić information content (AvgIpc) is 3.02. The highest BCUT2D eigenvalue weighted by molar-refractivity contribution is 9.08. The number of aromatic nitrogens is 1. The van der Waals surface area contributed by atoms with Crippen molar-refractivity contribution in [3.05, 3.63) is 64.1 Å². The number of carbonyl (C=O) groups is 2. The van der Waals surface area contributed by atoms with E-state index in [-0.39, 0.29) is 17.5 Å². The van der Waals surface area contributed by atoms with E-state index >= 15 is 0 Å². The molecule has 3 rings (SSSR count). The monoisotopic (exact) mass is 457 g/mol. The van der Waals surface area contributed by atoms with E-state index < -0.39 is 0 Å². The molecule has 0 radical (unpaired) electrons. The summed E-state index contributed by atoms with van der Waals surface area (Å²) < 4.78 is 1.63. The van der Waals surface area contributed by atoms with Gasteiger partial charge in [-0.3, -0.25) is 9.59 Å². The number of hydrogen-bond donors (Lipinski definition) is 1. The van der Waals surface area contributed by atoms with Gasteiger partial charge >= 0.3 is 0 Å². The normalized spacial score (nSPS) is 10.8. The van der Waals surface area contributed by atoms with Gasteiger partial charge in [0.2, 0.25) is 5.88 Å².